The second-order valence-corrected chi connectivity index (χ2v) is 4.04. The van der Waals surface area contributed by atoms with E-state index in [1.54, 1.807) is 0 Å². The van der Waals surface area contributed by atoms with Gasteiger partial charge in [0, 0.05) is 6.04 Å². The van der Waals surface area contributed by atoms with Gasteiger partial charge in [0.15, 0.2) is 0 Å². The molecule has 3 N–H and O–H groups in total. The lowest BCUT2D eigenvalue weighted by Crippen LogP contribution is -2.55. The van der Waals surface area contributed by atoms with Crippen LogP contribution in [-0.2, 0) is 0 Å². The van der Waals surface area contributed by atoms with Crippen molar-refractivity contribution in [1.82, 2.24) is 5.32 Å². The zero-order chi connectivity index (χ0) is 8.55. The Morgan fingerprint density at radius 2 is 1.83 bits per heavy atom. The van der Waals surface area contributed by atoms with Crippen LogP contribution in [0.5, 0.6) is 0 Å². The summed E-state index contributed by atoms with van der Waals surface area (Å²) in [5.74, 6) is 0.595. The van der Waals surface area contributed by atoms with Crippen LogP contribution in [0.15, 0.2) is 0 Å². The summed E-state index contributed by atoms with van der Waals surface area (Å²) < 4.78 is 0. The summed E-state index contributed by atoms with van der Waals surface area (Å²) in [6, 6.07) is 0.155. The first-order valence-corrected chi connectivity index (χ1v) is 4.89. The van der Waals surface area contributed by atoms with Crippen LogP contribution >= 0.6 is 0 Å². The molecule has 0 aromatic heterocycles. The Morgan fingerprint density at radius 3 is 2.67 bits per heavy atom. The molecule has 1 aliphatic heterocycles. The van der Waals surface area contributed by atoms with E-state index in [1.165, 1.54) is 6.42 Å². The summed E-state index contributed by atoms with van der Waals surface area (Å²) in [6.45, 7) is 0. The quantitative estimate of drug-likeness (QED) is 0.488. The fourth-order valence-corrected chi connectivity index (χ4v) is 2.51. The van der Waals surface area contributed by atoms with Crippen LogP contribution in [0.25, 0.3) is 0 Å². The van der Waals surface area contributed by atoms with Gasteiger partial charge in [0.2, 0.25) is 0 Å². The molecule has 2 fully saturated rings. The van der Waals surface area contributed by atoms with Gasteiger partial charge in [-0.25, -0.2) is 0 Å². The fraction of sp³-hybridized carbons (Fsp3) is 1.00. The maximum absolute atomic E-state index is 9.65. The first kappa shape index (κ1) is 8.48. The monoisotopic (exact) mass is 171 g/mol. The lowest BCUT2D eigenvalue weighted by molar-refractivity contribution is -0.0178. The first-order valence-electron chi connectivity index (χ1n) is 4.89. The van der Waals surface area contributed by atoms with Crippen LogP contribution < -0.4 is 5.32 Å². The first-order chi connectivity index (χ1) is 5.77. The van der Waals surface area contributed by atoms with Crippen molar-refractivity contribution in [2.75, 3.05) is 0 Å². The van der Waals surface area contributed by atoms with Crippen molar-refractivity contribution in [2.45, 2.75) is 50.5 Å². The molecule has 0 aromatic carbocycles. The van der Waals surface area contributed by atoms with Gasteiger partial charge in [0.1, 0.15) is 6.23 Å². The Morgan fingerprint density at radius 1 is 1.00 bits per heavy atom. The minimum atomic E-state index is -0.390. The van der Waals surface area contributed by atoms with E-state index in [0.717, 1.165) is 25.7 Å². The van der Waals surface area contributed by atoms with Gasteiger partial charge in [-0.15, -0.1) is 0 Å². The molecule has 0 bridgehead atoms. The molecule has 0 aromatic rings. The molecule has 2 rings (SSSR count). The van der Waals surface area contributed by atoms with E-state index >= 15 is 0 Å². The number of fused-ring (bicyclic) bond motifs is 1. The Kier molecular flexibility index (Phi) is 2.35. The molecular weight excluding hydrogens is 154 g/mol. The van der Waals surface area contributed by atoms with E-state index in [1.807, 2.05) is 0 Å². The summed E-state index contributed by atoms with van der Waals surface area (Å²) in [5.41, 5.74) is 0. The smallest absolute Gasteiger partial charge is 0.105 e. The van der Waals surface area contributed by atoms with Crippen molar-refractivity contribution in [1.29, 1.82) is 0 Å². The second kappa shape index (κ2) is 3.32. The maximum atomic E-state index is 9.65. The van der Waals surface area contributed by atoms with Gasteiger partial charge in [-0.3, -0.25) is 5.32 Å². The molecular formula is C9H17NO2. The van der Waals surface area contributed by atoms with Crippen LogP contribution in [0.4, 0.5) is 0 Å². The Bertz CT molecular complexity index is 163. The molecule has 1 saturated carbocycles. The van der Waals surface area contributed by atoms with Gasteiger partial charge < -0.3 is 10.2 Å². The van der Waals surface area contributed by atoms with Crippen molar-refractivity contribution in [3.8, 4) is 0 Å². The van der Waals surface area contributed by atoms with E-state index < -0.39 is 0 Å². The molecule has 4 atom stereocenters. The molecule has 1 heterocycles. The molecule has 2 aliphatic rings. The summed E-state index contributed by atoms with van der Waals surface area (Å²) in [4.78, 5) is 0. The number of hydrogen-bond donors (Lipinski definition) is 3. The van der Waals surface area contributed by atoms with Crippen molar-refractivity contribution >= 4 is 0 Å². The van der Waals surface area contributed by atoms with Crippen molar-refractivity contribution in [3.63, 3.8) is 0 Å². The van der Waals surface area contributed by atoms with Gasteiger partial charge in [0.25, 0.3) is 0 Å². The third kappa shape index (κ3) is 1.49. The predicted molar refractivity (Wildman–Crippen MR) is 45.5 cm³/mol. The number of rotatable bonds is 0. The molecule has 0 amide bonds. The molecule has 0 radical (unpaired) electrons. The van der Waals surface area contributed by atoms with E-state index in [0.29, 0.717) is 5.92 Å². The average molecular weight is 171 g/mol. The van der Waals surface area contributed by atoms with Crippen molar-refractivity contribution in [3.05, 3.63) is 0 Å². The largest absolute Gasteiger partial charge is 0.391 e. The molecule has 0 spiro atoms. The van der Waals surface area contributed by atoms with Gasteiger partial charge in [-0.05, 0) is 31.6 Å². The Labute approximate surface area is 72.8 Å². The summed E-state index contributed by atoms with van der Waals surface area (Å²) in [5, 5.41) is 22.1. The van der Waals surface area contributed by atoms with Gasteiger partial charge in [0.05, 0.1) is 6.10 Å². The minimum Gasteiger partial charge on any atom is -0.391 e. The zero-order valence-corrected chi connectivity index (χ0v) is 7.24. The lowest BCUT2D eigenvalue weighted by atomic mass is 9.77. The standard InChI is InChI=1S/C9H17NO2/c11-7-3-1-2-6-4-5-8(12)10-9(6)7/h6-12H,1-5H2. The van der Waals surface area contributed by atoms with Crippen LogP contribution in [0, 0.1) is 5.92 Å². The highest BCUT2D eigenvalue weighted by Crippen LogP contribution is 2.31. The molecule has 3 heteroatoms. The number of hydrogen-bond acceptors (Lipinski definition) is 3. The molecule has 1 saturated heterocycles. The summed E-state index contributed by atoms with van der Waals surface area (Å²) in [7, 11) is 0. The number of aliphatic hydroxyl groups is 2. The topological polar surface area (TPSA) is 52.5 Å². The summed E-state index contributed by atoms with van der Waals surface area (Å²) >= 11 is 0. The van der Waals surface area contributed by atoms with Crippen LogP contribution in [0.1, 0.15) is 32.1 Å². The van der Waals surface area contributed by atoms with E-state index in [4.69, 9.17) is 0 Å². The SMILES string of the molecule is OC1CCC2CCCC(O)C2N1. The third-order valence-electron chi connectivity index (χ3n) is 3.19. The molecule has 1 aliphatic carbocycles. The van der Waals surface area contributed by atoms with Gasteiger partial charge in [-0.1, -0.05) is 6.42 Å². The van der Waals surface area contributed by atoms with E-state index in [-0.39, 0.29) is 18.4 Å². The summed E-state index contributed by atoms with van der Waals surface area (Å²) in [6.07, 6.45) is 4.52. The number of piperidine rings is 1. The van der Waals surface area contributed by atoms with E-state index in [2.05, 4.69) is 5.32 Å². The Hall–Kier alpha value is -0.120. The van der Waals surface area contributed by atoms with Gasteiger partial charge >= 0.3 is 0 Å². The second-order valence-electron chi connectivity index (χ2n) is 4.04. The normalized spacial score (nSPS) is 48.5. The molecule has 3 nitrogen and oxygen atoms in total. The third-order valence-corrected chi connectivity index (χ3v) is 3.19. The van der Waals surface area contributed by atoms with Crippen molar-refractivity contribution < 1.29 is 10.2 Å². The highest BCUT2D eigenvalue weighted by molar-refractivity contribution is 4.91. The van der Waals surface area contributed by atoms with Crippen LogP contribution in [0.3, 0.4) is 0 Å². The van der Waals surface area contributed by atoms with Crippen LogP contribution in [-0.4, -0.2) is 28.6 Å². The number of nitrogens with one attached hydrogen (secondary N) is 1. The van der Waals surface area contributed by atoms with E-state index in [9.17, 15) is 10.2 Å². The van der Waals surface area contributed by atoms with Crippen molar-refractivity contribution in [2.24, 2.45) is 5.92 Å². The fourth-order valence-electron chi connectivity index (χ4n) is 2.51. The molecule has 70 valence electrons. The number of aliphatic hydroxyl groups excluding tert-OH is 2. The van der Waals surface area contributed by atoms with Gasteiger partial charge in [-0.2, -0.15) is 0 Å². The molecule has 4 unspecified atom stereocenters. The highest BCUT2D eigenvalue weighted by Gasteiger charge is 2.36. The minimum absolute atomic E-state index is 0.155. The Balaban J connectivity index is 2.00. The average Bonchev–Trinajstić information content (AvgIpc) is 2.07. The maximum Gasteiger partial charge on any atom is 0.105 e. The predicted octanol–water partition coefficient (Wildman–Crippen LogP) is 0.218. The zero-order valence-electron chi connectivity index (χ0n) is 7.24. The molecule has 12 heavy (non-hydrogen) atoms. The van der Waals surface area contributed by atoms with Crippen LogP contribution in [0.2, 0.25) is 0 Å². The highest BCUT2D eigenvalue weighted by atomic mass is 16.3. The lowest BCUT2D eigenvalue weighted by Gasteiger charge is -2.41.